The Morgan fingerprint density at radius 3 is 2.52 bits per heavy atom. The van der Waals surface area contributed by atoms with Crippen LogP contribution in [0.4, 0.5) is 0 Å². The Morgan fingerprint density at radius 2 is 1.83 bits per heavy atom. The Hall–Kier alpha value is -2.18. The molecule has 0 aliphatic carbocycles. The lowest BCUT2D eigenvalue weighted by atomic mass is 9.98. The summed E-state index contributed by atoms with van der Waals surface area (Å²) >= 11 is 0. The molecule has 1 aliphatic heterocycles. The third-order valence-electron chi connectivity index (χ3n) is 4.19. The second-order valence-electron chi connectivity index (χ2n) is 5.77. The molecule has 5 nitrogen and oxygen atoms in total. The van der Waals surface area contributed by atoms with E-state index in [1.165, 1.54) is 17.7 Å². The number of carbonyl (C=O) groups excluding carboxylic acids is 1. The van der Waals surface area contributed by atoms with E-state index in [-0.39, 0.29) is 10.8 Å². The summed E-state index contributed by atoms with van der Waals surface area (Å²) in [5.41, 5.74) is 3.51. The molecule has 1 heterocycles. The van der Waals surface area contributed by atoms with Crippen LogP contribution < -0.4 is 5.14 Å². The predicted octanol–water partition coefficient (Wildman–Crippen LogP) is 1.84. The van der Waals surface area contributed by atoms with E-state index in [0.29, 0.717) is 18.7 Å². The van der Waals surface area contributed by atoms with Gasteiger partial charge in [0, 0.05) is 18.7 Å². The van der Waals surface area contributed by atoms with E-state index in [1.54, 1.807) is 17.9 Å². The van der Waals surface area contributed by atoms with Crippen molar-refractivity contribution in [3.8, 4) is 0 Å². The molecule has 0 fully saturated rings. The van der Waals surface area contributed by atoms with Gasteiger partial charge in [-0.25, -0.2) is 13.6 Å². The zero-order valence-electron chi connectivity index (χ0n) is 12.8. The number of sulfonamides is 1. The fourth-order valence-corrected chi connectivity index (χ4v) is 3.39. The molecule has 1 aliphatic rings. The largest absolute Gasteiger partial charge is 0.334 e. The SMILES string of the molecule is Cc1ccc(S(N)(=O)=O)cc1C(=O)N1CCc2ccccc2C1. The molecule has 0 radical (unpaired) electrons. The number of primary sulfonamides is 1. The Morgan fingerprint density at radius 1 is 1.13 bits per heavy atom. The average molecular weight is 330 g/mol. The summed E-state index contributed by atoms with van der Waals surface area (Å²) in [6.07, 6.45) is 0.801. The number of nitrogens with zero attached hydrogens (tertiary/aromatic N) is 1. The number of aryl methyl sites for hydroxylation is 1. The van der Waals surface area contributed by atoms with Crippen LogP contribution in [0.25, 0.3) is 0 Å². The minimum absolute atomic E-state index is 0.0381. The standard InChI is InChI=1S/C17H18N2O3S/c1-12-6-7-15(23(18,21)22)10-16(12)17(20)19-9-8-13-4-2-3-5-14(13)11-19/h2-7,10H,8-9,11H2,1H3,(H2,18,21,22). The first-order valence-corrected chi connectivity index (χ1v) is 8.90. The van der Waals surface area contributed by atoms with Crippen molar-refractivity contribution in [1.29, 1.82) is 0 Å². The lowest BCUT2D eigenvalue weighted by Crippen LogP contribution is -2.36. The van der Waals surface area contributed by atoms with Crippen molar-refractivity contribution >= 4 is 15.9 Å². The van der Waals surface area contributed by atoms with Gasteiger partial charge in [0.05, 0.1) is 4.90 Å². The monoisotopic (exact) mass is 330 g/mol. The van der Waals surface area contributed by atoms with E-state index in [2.05, 4.69) is 6.07 Å². The molecule has 2 aromatic carbocycles. The number of hydrogen-bond acceptors (Lipinski definition) is 3. The molecule has 0 atom stereocenters. The van der Waals surface area contributed by atoms with Crippen LogP contribution in [0.5, 0.6) is 0 Å². The predicted molar refractivity (Wildman–Crippen MR) is 87.4 cm³/mol. The summed E-state index contributed by atoms with van der Waals surface area (Å²) in [4.78, 5) is 14.5. The van der Waals surface area contributed by atoms with Gasteiger partial charge >= 0.3 is 0 Å². The van der Waals surface area contributed by atoms with Crippen molar-refractivity contribution in [2.45, 2.75) is 24.8 Å². The van der Waals surface area contributed by atoms with Gasteiger partial charge in [-0.2, -0.15) is 0 Å². The number of nitrogens with two attached hydrogens (primary N) is 1. The van der Waals surface area contributed by atoms with Crippen molar-refractivity contribution in [1.82, 2.24) is 4.90 Å². The van der Waals surface area contributed by atoms with Crippen LogP contribution in [-0.4, -0.2) is 25.8 Å². The van der Waals surface area contributed by atoms with E-state index < -0.39 is 10.0 Å². The first kappa shape index (κ1) is 15.7. The van der Waals surface area contributed by atoms with Gasteiger partial charge in [-0.05, 0) is 42.2 Å². The second kappa shape index (κ2) is 5.79. The van der Waals surface area contributed by atoms with Crippen LogP contribution in [-0.2, 0) is 23.0 Å². The molecule has 120 valence electrons. The molecule has 0 saturated carbocycles. The number of carbonyl (C=O) groups is 1. The van der Waals surface area contributed by atoms with E-state index >= 15 is 0 Å². The van der Waals surface area contributed by atoms with Gasteiger partial charge in [-0.1, -0.05) is 30.3 Å². The van der Waals surface area contributed by atoms with Crippen LogP contribution in [0.15, 0.2) is 47.4 Å². The molecule has 0 bridgehead atoms. The van der Waals surface area contributed by atoms with Crippen LogP contribution in [0.3, 0.4) is 0 Å². The second-order valence-corrected chi connectivity index (χ2v) is 7.33. The van der Waals surface area contributed by atoms with Gasteiger partial charge < -0.3 is 4.90 Å². The van der Waals surface area contributed by atoms with E-state index in [0.717, 1.165) is 17.5 Å². The summed E-state index contributed by atoms with van der Waals surface area (Å²) in [7, 11) is -3.83. The van der Waals surface area contributed by atoms with Gasteiger partial charge in [0.2, 0.25) is 10.0 Å². The van der Waals surface area contributed by atoms with Crippen molar-refractivity contribution in [3.63, 3.8) is 0 Å². The molecule has 3 rings (SSSR count). The first-order chi connectivity index (χ1) is 10.9. The number of amides is 1. The van der Waals surface area contributed by atoms with Gasteiger partial charge in [0.1, 0.15) is 0 Å². The fraction of sp³-hybridized carbons (Fsp3) is 0.235. The lowest BCUT2D eigenvalue weighted by molar-refractivity contribution is 0.0733. The van der Waals surface area contributed by atoms with Crippen molar-refractivity contribution in [2.75, 3.05) is 6.54 Å². The number of rotatable bonds is 2. The normalized spacial score (nSPS) is 14.4. The lowest BCUT2D eigenvalue weighted by Gasteiger charge is -2.29. The Balaban J connectivity index is 1.93. The third-order valence-corrected chi connectivity index (χ3v) is 5.10. The minimum Gasteiger partial charge on any atom is -0.334 e. The highest BCUT2D eigenvalue weighted by atomic mass is 32.2. The Kier molecular flexibility index (Phi) is 3.95. The molecule has 2 N–H and O–H groups in total. The molecule has 0 unspecified atom stereocenters. The first-order valence-electron chi connectivity index (χ1n) is 7.36. The maximum absolute atomic E-state index is 12.8. The Labute approximate surface area is 135 Å². The van der Waals surface area contributed by atoms with Crippen LogP contribution in [0, 0.1) is 6.92 Å². The summed E-state index contributed by atoms with van der Waals surface area (Å²) in [5, 5.41) is 5.16. The Bertz CT molecular complexity index is 875. The van der Waals surface area contributed by atoms with Crippen molar-refractivity contribution < 1.29 is 13.2 Å². The number of hydrogen-bond donors (Lipinski definition) is 1. The van der Waals surface area contributed by atoms with E-state index in [1.807, 2.05) is 18.2 Å². The average Bonchev–Trinajstić information content (AvgIpc) is 2.53. The number of fused-ring (bicyclic) bond motifs is 1. The molecule has 0 saturated heterocycles. The van der Waals surface area contributed by atoms with Crippen molar-refractivity contribution in [3.05, 3.63) is 64.7 Å². The zero-order valence-corrected chi connectivity index (χ0v) is 13.6. The topological polar surface area (TPSA) is 80.5 Å². The van der Waals surface area contributed by atoms with E-state index in [9.17, 15) is 13.2 Å². The molecule has 0 aromatic heterocycles. The summed E-state index contributed by atoms with van der Waals surface area (Å²) in [6, 6.07) is 12.5. The third kappa shape index (κ3) is 3.13. The highest BCUT2D eigenvalue weighted by Gasteiger charge is 2.23. The highest BCUT2D eigenvalue weighted by Crippen LogP contribution is 2.22. The zero-order chi connectivity index (χ0) is 16.6. The molecule has 23 heavy (non-hydrogen) atoms. The van der Waals surface area contributed by atoms with Gasteiger partial charge in [0.15, 0.2) is 0 Å². The minimum atomic E-state index is -3.83. The van der Waals surface area contributed by atoms with Gasteiger partial charge in [-0.15, -0.1) is 0 Å². The summed E-state index contributed by atoms with van der Waals surface area (Å²) in [6.45, 7) is 2.95. The van der Waals surface area contributed by atoms with Gasteiger partial charge in [-0.3, -0.25) is 4.79 Å². The number of benzene rings is 2. The van der Waals surface area contributed by atoms with Crippen LogP contribution >= 0.6 is 0 Å². The fourth-order valence-electron chi connectivity index (χ4n) is 2.85. The summed E-state index contributed by atoms with van der Waals surface area (Å²) < 4.78 is 23.0. The van der Waals surface area contributed by atoms with Crippen molar-refractivity contribution in [2.24, 2.45) is 5.14 Å². The summed E-state index contributed by atoms with van der Waals surface area (Å²) in [5.74, 6) is -0.164. The van der Waals surface area contributed by atoms with Crippen LogP contribution in [0.1, 0.15) is 27.0 Å². The quantitative estimate of drug-likeness (QED) is 0.912. The molecule has 6 heteroatoms. The maximum Gasteiger partial charge on any atom is 0.254 e. The maximum atomic E-state index is 12.8. The van der Waals surface area contributed by atoms with E-state index in [4.69, 9.17) is 5.14 Å². The molecule has 2 aromatic rings. The molecule has 1 amide bonds. The molecular formula is C17H18N2O3S. The molecular weight excluding hydrogens is 312 g/mol. The smallest absolute Gasteiger partial charge is 0.254 e. The van der Waals surface area contributed by atoms with Crippen LogP contribution in [0.2, 0.25) is 0 Å². The van der Waals surface area contributed by atoms with Gasteiger partial charge in [0.25, 0.3) is 5.91 Å². The molecule has 0 spiro atoms. The highest BCUT2D eigenvalue weighted by molar-refractivity contribution is 7.89.